The summed E-state index contributed by atoms with van der Waals surface area (Å²) in [6.07, 6.45) is 0.165. The van der Waals surface area contributed by atoms with Crippen LogP contribution in [0, 0.1) is 0 Å². The molecule has 6 nitrogen and oxygen atoms in total. The van der Waals surface area contributed by atoms with Gasteiger partial charge in [0.25, 0.3) is 0 Å². The number of hydrogen-bond donors (Lipinski definition) is 2. The second kappa shape index (κ2) is 10.8. The maximum Gasteiger partial charge on any atom is 0.401 e. The highest BCUT2D eigenvalue weighted by Crippen LogP contribution is 2.19. The van der Waals surface area contributed by atoms with E-state index in [1.54, 1.807) is 13.2 Å². The molecule has 0 aliphatic carbocycles. The van der Waals surface area contributed by atoms with E-state index in [1.165, 1.54) is 10.5 Å². The second-order valence-electron chi connectivity index (χ2n) is 6.86. The van der Waals surface area contributed by atoms with Crippen molar-refractivity contribution in [2.45, 2.75) is 31.7 Å². The molecule has 0 amide bonds. The fourth-order valence-electron chi connectivity index (χ4n) is 3.33. The molecule has 1 unspecified atom stereocenters. The molecule has 0 saturated carbocycles. The lowest BCUT2D eigenvalue weighted by atomic mass is 10.2. The first-order valence-corrected chi connectivity index (χ1v) is 9.23. The summed E-state index contributed by atoms with van der Waals surface area (Å²) >= 11 is 0. The number of aromatic nitrogens is 2. The number of likely N-dealkylation sites (tertiary alicyclic amines) is 1. The first-order valence-electron chi connectivity index (χ1n) is 9.23. The van der Waals surface area contributed by atoms with Crippen molar-refractivity contribution in [1.29, 1.82) is 0 Å². The van der Waals surface area contributed by atoms with E-state index >= 15 is 0 Å². The predicted octanol–water partition coefficient (Wildman–Crippen LogP) is 2.85. The van der Waals surface area contributed by atoms with Gasteiger partial charge in [-0.1, -0.05) is 30.3 Å². The van der Waals surface area contributed by atoms with E-state index in [2.05, 4.69) is 37.3 Å². The third kappa shape index (κ3) is 7.50. The number of halogens is 4. The Balaban J connectivity index is 0.00000300. The third-order valence-corrected chi connectivity index (χ3v) is 4.65. The van der Waals surface area contributed by atoms with Crippen LogP contribution in [0.5, 0.6) is 0 Å². The van der Waals surface area contributed by atoms with Gasteiger partial charge in [-0.3, -0.25) is 9.89 Å². The summed E-state index contributed by atoms with van der Waals surface area (Å²) in [5, 5.41) is 6.41. The largest absolute Gasteiger partial charge is 0.401 e. The van der Waals surface area contributed by atoms with Crippen LogP contribution in [0.4, 0.5) is 13.2 Å². The summed E-state index contributed by atoms with van der Waals surface area (Å²) in [4.78, 5) is 9.98. The molecule has 1 aliphatic heterocycles. The number of hydrogen-bond acceptors (Lipinski definition) is 3. The Morgan fingerprint density at radius 1 is 1.28 bits per heavy atom. The SMILES string of the molecule is CN=C(NCc1nccn1Cc1ccccc1)NC1CCN(CC(F)(F)F)C1.I. The highest BCUT2D eigenvalue weighted by atomic mass is 127. The minimum absolute atomic E-state index is 0. The molecule has 29 heavy (non-hydrogen) atoms. The molecule has 160 valence electrons. The molecule has 2 N–H and O–H groups in total. The highest BCUT2D eigenvalue weighted by Gasteiger charge is 2.34. The van der Waals surface area contributed by atoms with Gasteiger partial charge >= 0.3 is 6.18 Å². The number of rotatable bonds is 6. The van der Waals surface area contributed by atoms with E-state index in [9.17, 15) is 13.2 Å². The number of benzene rings is 1. The molecular formula is C19H26F3IN6. The highest BCUT2D eigenvalue weighted by molar-refractivity contribution is 14.0. The maximum absolute atomic E-state index is 12.5. The average molecular weight is 522 g/mol. The molecule has 10 heteroatoms. The van der Waals surface area contributed by atoms with E-state index in [0.29, 0.717) is 32.0 Å². The van der Waals surface area contributed by atoms with Gasteiger partial charge in [0.2, 0.25) is 0 Å². The van der Waals surface area contributed by atoms with Crippen molar-refractivity contribution in [2.75, 3.05) is 26.7 Å². The number of guanidine groups is 1. The summed E-state index contributed by atoms with van der Waals surface area (Å²) in [5.74, 6) is 1.42. The summed E-state index contributed by atoms with van der Waals surface area (Å²) in [5.41, 5.74) is 1.18. The van der Waals surface area contributed by atoms with Crippen molar-refractivity contribution in [3.05, 3.63) is 54.1 Å². The van der Waals surface area contributed by atoms with Crippen LogP contribution in [0.2, 0.25) is 0 Å². The fourth-order valence-corrected chi connectivity index (χ4v) is 3.33. The number of nitrogens with zero attached hydrogens (tertiary/aromatic N) is 4. The molecule has 0 spiro atoms. The Bertz CT molecular complexity index is 778. The summed E-state index contributed by atoms with van der Waals surface area (Å²) in [6.45, 7) is 1.10. The van der Waals surface area contributed by atoms with Crippen molar-refractivity contribution in [3.8, 4) is 0 Å². The van der Waals surface area contributed by atoms with Crippen molar-refractivity contribution < 1.29 is 13.2 Å². The fraction of sp³-hybridized carbons (Fsp3) is 0.474. The normalized spacial score (nSPS) is 17.8. The average Bonchev–Trinajstić information content (AvgIpc) is 3.27. The van der Waals surface area contributed by atoms with Crippen molar-refractivity contribution in [3.63, 3.8) is 0 Å². The first kappa shape index (κ1) is 23.5. The zero-order valence-electron chi connectivity index (χ0n) is 16.2. The van der Waals surface area contributed by atoms with Crippen LogP contribution in [0.1, 0.15) is 17.8 Å². The Labute approximate surface area is 185 Å². The molecule has 1 aromatic carbocycles. The number of nitrogens with one attached hydrogen (secondary N) is 2. The lowest BCUT2D eigenvalue weighted by Gasteiger charge is -2.20. The van der Waals surface area contributed by atoms with Gasteiger partial charge in [-0.05, 0) is 12.0 Å². The molecular weight excluding hydrogens is 496 g/mol. The Hall–Kier alpha value is -1.82. The van der Waals surface area contributed by atoms with E-state index < -0.39 is 12.7 Å². The zero-order chi connectivity index (χ0) is 20.0. The first-order chi connectivity index (χ1) is 13.4. The topological polar surface area (TPSA) is 57.5 Å². The van der Waals surface area contributed by atoms with Crippen molar-refractivity contribution in [2.24, 2.45) is 4.99 Å². The molecule has 1 atom stereocenters. The summed E-state index contributed by atoms with van der Waals surface area (Å²) in [7, 11) is 1.65. The van der Waals surface area contributed by atoms with Gasteiger partial charge in [0.1, 0.15) is 5.82 Å². The Morgan fingerprint density at radius 3 is 2.72 bits per heavy atom. The standard InChI is InChI=1S/C19H25F3N6.HI/c1-23-18(26-16-7-9-27(13-16)14-19(20,21)22)25-11-17-24-8-10-28(17)12-15-5-3-2-4-6-15;/h2-6,8,10,16H,7,9,11-14H2,1H3,(H2,23,25,26);1H. The molecule has 0 bridgehead atoms. The van der Waals surface area contributed by atoms with Gasteiger partial charge in [-0.2, -0.15) is 13.2 Å². The third-order valence-electron chi connectivity index (χ3n) is 4.65. The van der Waals surface area contributed by atoms with Gasteiger partial charge in [0, 0.05) is 45.1 Å². The molecule has 2 heterocycles. The van der Waals surface area contributed by atoms with Crippen molar-refractivity contribution in [1.82, 2.24) is 25.1 Å². The minimum Gasteiger partial charge on any atom is -0.352 e. The lowest BCUT2D eigenvalue weighted by molar-refractivity contribution is -0.143. The van der Waals surface area contributed by atoms with Gasteiger partial charge in [-0.25, -0.2) is 4.98 Å². The van der Waals surface area contributed by atoms with E-state index in [-0.39, 0.29) is 30.0 Å². The van der Waals surface area contributed by atoms with Crippen LogP contribution < -0.4 is 10.6 Å². The number of aliphatic imine (C=N–C) groups is 1. The van der Waals surface area contributed by atoms with Crippen LogP contribution >= 0.6 is 24.0 Å². The molecule has 1 aromatic heterocycles. The van der Waals surface area contributed by atoms with Gasteiger partial charge < -0.3 is 15.2 Å². The second-order valence-corrected chi connectivity index (χ2v) is 6.86. The van der Waals surface area contributed by atoms with E-state index in [0.717, 1.165) is 12.4 Å². The maximum atomic E-state index is 12.5. The molecule has 3 rings (SSSR count). The van der Waals surface area contributed by atoms with Gasteiger partial charge in [-0.15, -0.1) is 24.0 Å². The summed E-state index contributed by atoms with van der Waals surface area (Å²) in [6, 6.07) is 10.0. The van der Waals surface area contributed by atoms with E-state index in [1.807, 2.05) is 24.4 Å². The molecule has 1 fully saturated rings. The quantitative estimate of drug-likeness (QED) is 0.348. The van der Waals surface area contributed by atoms with Crippen LogP contribution in [-0.4, -0.2) is 59.3 Å². The summed E-state index contributed by atoms with van der Waals surface area (Å²) < 4.78 is 39.6. The van der Waals surface area contributed by atoms with Gasteiger partial charge in [0.05, 0.1) is 13.1 Å². The Morgan fingerprint density at radius 2 is 2.03 bits per heavy atom. The Kier molecular flexibility index (Phi) is 8.75. The zero-order valence-corrected chi connectivity index (χ0v) is 18.5. The minimum atomic E-state index is -4.16. The number of alkyl halides is 3. The smallest absolute Gasteiger partial charge is 0.352 e. The van der Waals surface area contributed by atoms with Crippen LogP contribution in [0.15, 0.2) is 47.7 Å². The molecule has 0 radical (unpaired) electrons. The lowest BCUT2D eigenvalue weighted by Crippen LogP contribution is -2.45. The predicted molar refractivity (Wildman–Crippen MR) is 117 cm³/mol. The molecule has 1 aliphatic rings. The monoisotopic (exact) mass is 522 g/mol. The van der Waals surface area contributed by atoms with Crippen LogP contribution in [0.3, 0.4) is 0 Å². The van der Waals surface area contributed by atoms with Gasteiger partial charge in [0.15, 0.2) is 5.96 Å². The molecule has 2 aromatic rings. The van der Waals surface area contributed by atoms with Crippen LogP contribution in [-0.2, 0) is 13.1 Å². The number of imidazole rings is 1. The molecule has 1 saturated heterocycles. The van der Waals surface area contributed by atoms with Crippen molar-refractivity contribution >= 4 is 29.9 Å². The van der Waals surface area contributed by atoms with E-state index in [4.69, 9.17) is 0 Å². The van der Waals surface area contributed by atoms with Crippen LogP contribution in [0.25, 0.3) is 0 Å².